The quantitative estimate of drug-likeness (QED) is 0.467. The molecular weight excluding hydrogens is 114 g/mol. The summed E-state index contributed by atoms with van der Waals surface area (Å²) < 4.78 is 0. The molecule has 0 saturated carbocycles. The Kier molecular flexibility index (Phi) is 0.941. The second-order valence-electron chi connectivity index (χ2n) is 1.47. The van der Waals surface area contributed by atoms with Crippen molar-refractivity contribution in [2.45, 2.75) is 0 Å². The smallest absolute Gasteiger partial charge is 0.102 e. The van der Waals surface area contributed by atoms with Crippen LogP contribution in [0.1, 0.15) is 0 Å². The maximum Gasteiger partial charge on any atom is 0.102 e. The van der Waals surface area contributed by atoms with Crippen LogP contribution in [0.3, 0.4) is 0 Å². The fraction of sp³-hybridized carbons (Fsp3) is 0. The van der Waals surface area contributed by atoms with Gasteiger partial charge in [-0.3, -0.25) is 5.41 Å². The Balaban J connectivity index is 3.06. The minimum Gasteiger partial charge on any atom is -0.258 e. The molecule has 1 rings (SSSR count). The van der Waals surface area contributed by atoms with Crippen LogP contribution >= 0.6 is 0 Å². The summed E-state index contributed by atoms with van der Waals surface area (Å²) in [5.41, 5.74) is 0.986. The molecule has 0 aromatic carbocycles. The molecule has 0 aromatic heterocycles. The number of hydrogen-bond donors (Lipinski definition) is 1. The zero-order chi connectivity index (χ0) is 6.85. The Morgan fingerprint density at radius 2 is 1.56 bits per heavy atom. The third kappa shape index (κ3) is 0.534. The Hall–Kier alpha value is -1.83. The first kappa shape index (κ1) is 5.31. The van der Waals surface area contributed by atoms with Crippen molar-refractivity contribution in [1.82, 2.24) is 0 Å². The van der Waals surface area contributed by atoms with Gasteiger partial charge in [0.05, 0.1) is 16.7 Å². The maximum atomic E-state index is 8.21. The van der Waals surface area contributed by atoms with E-state index >= 15 is 0 Å². The van der Waals surface area contributed by atoms with Crippen molar-refractivity contribution < 1.29 is 0 Å². The first-order chi connectivity index (χ1) is 4.35. The molecule has 40 valence electrons. The highest BCUT2D eigenvalue weighted by atomic mass is 14.4. The van der Waals surface area contributed by atoms with Gasteiger partial charge in [0.25, 0.3) is 0 Å². The zero-order valence-corrected chi connectivity index (χ0v) is 4.39. The van der Waals surface area contributed by atoms with E-state index in [2.05, 4.69) is 0 Å². The lowest BCUT2D eigenvalue weighted by molar-refractivity contribution is 1.52. The van der Waals surface area contributed by atoms with Crippen molar-refractivity contribution >= 4 is 5.87 Å². The van der Waals surface area contributed by atoms with Crippen molar-refractivity contribution in [3.63, 3.8) is 0 Å². The van der Waals surface area contributed by atoms with Crippen LogP contribution in [0, 0.1) is 28.1 Å². The van der Waals surface area contributed by atoms with Gasteiger partial charge in [0, 0.05) is 0 Å². The van der Waals surface area contributed by atoms with Gasteiger partial charge >= 0.3 is 0 Å². The number of nitriles is 2. The molecule has 0 saturated heterocycles. The lowest BCUT2D eigenvalue weighted by atomic mass is 10.4. The number of allylic oxidation sites excluding steroid dienone is 3. The van der Waals surface area contributed by atoms with Crippen LogP contribution in [0.25, 0.3) is 0 Å². The summed E-state index contributed by atoms with van der Waals surface area (Å²) in [6.07, 6.45) is 0. The number of hydrogen-bond acceptors (Lipinski definition) is 3. The lowest BCUT2D eigenvalue weighted by Crippen LogP contribution is -1.55. The van der Waals surface area contributed by atoms with E-state index in [0.717, 1.165) is 0 Å². The minimum absolute atomic E-state index is 0.313. The summed E-state index contributed by atoms with van der Waals surface area (Å²) in [7, 11) is 0. The van der Waals surface area contributed by atoms with Gasteiger partial charge in [-0.25, -0.2) is 0 Å². The van der Waals surface area contributed by atoms with Crippen LogP contribution in [0.4, 0.5) is 0 Å². The molecule has 0 aliphatic heterocycles. The van der Waals surface area contributed by atoms with Gasteiger partial charge in [0.1, 0.15) is 12.1 Å². The van der Waals surface area contributed by atoms with Crippen molar-refractivity contribution in [3.8, 4) is 12.1 Å². The highest BCUT2D eigenvalue weighted by Crippen LogP contribution is 2.34. The van der Waals surface area contributed by atoms with Gasteiger partial charge in [0.15, 0.2) is 0 Å². The fourth-order valence-corrected chi connectivity index (χ4v) is 0.536. The van der Waals surface area contributed by atoms with Crippen LogP contribution in [-0.2, 0) is 0 Å². The van der Waals surface area contributed by atoms with Crippen LogP contribution < -0.4 is 0 Å². The van der Waals surface area contributed by atoms with Gasteiger partial charge in [-0.05, 0) is 5.87 Å². The van der Waals surface area contributed by atoms with Gasteiger partial charge in [-0.15, -0.1) is 0 Å². The van der Waals surface area contributed by atoms with Crippen molar-refractivity contribution in [2.75, 3.05) is 0 Å². The summed E-state index contributed by atoms with van der Waals surface area (Å²) in [5, 5.41) is 23.0. The molecule has 0 amide bonds. The molecule has 0 aromatic rings. The zero-order valence-electron chi connectivity index (χ0n) is 4.39. The van der Waals surface area contributed by atoms with Gasteiger partial charge in [-0.2, -0.15) is 10.5 Å². The van der Waals surface area contributed by atoms with Gasteiger partial charge in [0.2, 0.25) is 0 Å². The van der Waals surface area contributed by atoms with E-state index in [9.17, 15) is 0 Å². The molecule has 0 heterocycles. The third-order valence-corrected chi connectivity index (χ3v) is 1.04. The van der Waals surface area contributed by atoms with Gasteiger partial charge in [-0.1, -0.05) is 0 Å². The first-order valence-electron chi connectivity index (χ1n) is 2.20. The molecule has 0 spiro atoms. The highest BCUT2D eigenvalue weighted by molar-refractivity contribution is 5.90. The Labute approximate surface area is 51.6 Å². The van der Waals surface area contributed by atoms with E-state index in [1.165, 1.54) is 0 Å². The fourth-order valence-electron chi connectivity index (χ4n) is 0.536. The normalized spacial score (nSPS) is 13.8. The average molecular weight is 115 g/mol. The van der Waals surface area contributed by atoms with E-state index in [1.807, 2.05) is 5.87 Å². The van der Waals surface area contributed by atoms with Crippen molar-refractivity contribution in [1.29, 1.82) is 15.9 Å². The second kappa shape index (κ2) is 1.59. The monoisotopic (exact) mass is 115 g/mol. The van der Waals surface area contributed by atoms with Crippen molar-refractivity contribution in [3.05, 3.63) is 16.7 Å². The summed E-state index contributed by atoms with van der Waals surface area (Å²) in [6.45, 7) is 0. The predicted octanol–water partition coefficient (Wildman–Crippen LogP) is 0.519. The molecule has 3 nitrogen and oxygen atoms in total. The highest BCUT2D eigenvalue weighted by Gasteiger charge is 2.29. The molecule has 1 aliphatic rings. The van der Waals surface area contributed by atoms with Crippen LogP contribution in [0.15, 0.2) is 16.7 Å². The Morgan fingerprint density at radius 3 is 1.67 bits per heavy atom. The lowest BCUT2D eigenvalue weighted by Gasteiger charge is -1.56. The largest absolute Gasteiger partial charge is 0.258 e. The Bertz CT molecular complexity index is 289. The molecule has 0 unspecified atom stereocenters. The summed E-state index contributed by atoms with van der Waals surface area (Å²) in [4.78, 5) is 0. The molecule has 3 heteroatoms. The third-order valence-electron chi connectivity index (χ3n) is 1.04. The van der Waals surface area contributed by atoms with E-state index in [4.69, 9.17) is 15.9 Å². The number of nitrogens with one attached hydrogen (secondary N) is 1. The SMILES string of the molecule is N#CC1=C(C#N)C1=C=N. The van der Waals surface area contributed by atoms with E-state index in [1.54, 1.807) is 12.1 Å². The predicted molar refractivity (Wildman–Crippen MR) is 29.5 cm³/mol. The van der Waals surface area contributed by atoms with Gasteiger partial charge < -0.3 is 0 Å². The standard InChI is InChI=1S/C6HN3/c7-1-4-5(2-8)6(4)3-9/h7H. The Morgan fingerprint density at radius 1 is 1.11 bits per heavy atom. The second-order valence-corrected chi connectivity index (χ2v) is 1.47. The maximum absolute atomic E-state index is 8.21. The minimum atomic E-state index is 0.313. The van der Waals surface area contributed by atoms with E-state index < -0.39 is 0 Å². The molecule has 1 aliphatic carbocycles. The van der Waals surface area contributed by atoms with Crippen LogP contribution in [0.2, 0.25) is 0 Å². The van der Waals surface area contributed by atoms with E-state index in [0.29, 0.717) is 16.7 Å². The van der Waals surface area contributed by atoms with Crippen LogP contribution in [0.5, 0.6) is 0 Å². The summed E-state index contributed by atoms with van der Waals surface area (Å²) in [6, 6.07) is 3.56. The number of nitrogens with zero attached hydrogens (tertiary/aromatic N) is 2. The average Bonchev–Trinajstić information content (AvgIpc) is 2.59. The van der Waals surface area contributed by atoms with E-state index in [-0.39, 0.29) is 0 Å². The van der Waals surface area contributed by atoms with Crippen LogP contribution in [-0.4, -0.2) is 5.87 Å². The first-order valence-corrected chi connectivity index (χ1v) is 2.20. The van der Waals surface area contributed by atoms with Crippen molar-refractivity contribution in [2.24, 2.45) is 0 Å². The molecule has 9 heavy (non-hydrogen) atoms. The molecule has 0 bridgehead atoms. The molecule has 1 N–H and O–H groups in total. The summed E-state index contributed by atoms with van der Waals surface area (Å²) in [5.74, 6) is 1.99. The number of rotatable bonds is 0. The topological polar surface area (TPSA) is 71.4 Å². The summed E-state index contributed by atoms with van der Waals surface area (Å²) >= 11 is 0. The molecule has 0 radical (unpaired) electrons. The molecule has 0 atom stereocenters. The molecular formula is C6HN3. The molecule has 0 fully saturated rings.